The molecule has 11 heteroatoms. The number of aliphatic carboxylic acids is 1. The van der Waals surface area contributed by atoms with Gasteiger partial charge in [-0.05, 0) is 49.9 Å². The minimum atomic E-state index is -1.43. The molecule has 11 nitrogen and oxygen atoms in total. The third kappa shape index (κ3) is 7.89. The summed E-state index contributed by atoms with van der Waals surface area (Å²) >= 11 is 0. The van der Waals surface area contributed by atoms with E-state index in [1.54, 1.807) is 6.08 Å². The lowest BCUT2D eigenvalue weighted by Gasteiger charge is -2.35. The van der Waals surface area contributed by atoms with Gasteiger partial charge in [-0.2, -0.15) is 0 Å². The van der Waals surface area contributed by atoms with Crippen LogP contribution in [0.15, 0.2) is 78.5 Å². The van der Waals surface area contributed by atoms with Gasteiger partial charge in [0.1, 0.15) is 35.5 Å². The van der Waals surface area contributed by atoms with E-state index in [2.05, 4.69) is 22.4 Å². The number of carboxylic acids is 1. The van der Waals surface area contributed by atoms with Gasteiger partial charge in [-0.25, -0.2) is 9.59 Å². The Kier molecular flexibility index (Phi) is 10.6. The van der Waals surface area contributed by atoms with Gasteiger partial charge in [0.05, 0.1) is 6.54 Å². The number of amides is 3. The molecule has 0 unspecified atom stereocenters. The fraction of sp³-hybridized carbons (Fsp3) is 0.486. The van der Waals surface area contributed by atoms with Gasteiger partial charge in [-0.1, -0.05) is 92.7 Å². The zero-order chi connectivity index (χ0) is 34.5. The van der Waals surface area contributed by atoms with E-state index in [0.717, 1.165) is 36.8 Å². The molecule has 5 rings (SSSR count). The molecule has 256 valence electrons. The van der Waals surface area contributed by atoms with E-state index in [1.165, 1.54) is 4.90 Å². The van der Waals surface area contributed by atoms with Gasteiger partial charge < -0.3 is 30.2 Å². The molecule has 2 aromatic carbocycles. The highest BCUT2D eigenvalue weighted by atomic mass is 16.6. The number of benzene rings is 2. The van der Waals surface area contributed by atoms with Crippen LogP contribution in [-0.4, -0.2) is 76.0 Å². The van der Waals surface area contributed by atoms with Crippen molar-refractivity contribution in [2.24, 2.45) is 16.5 Å². The number of allylic oxidation sites excluding steroid dienone is 1. The lowest BCUT2D eigenvalue weighted by Crippen LogP contribution is -2.59. The van der Waals surface area contributed by atoms with Crippen LogP contribution in [0.5, 0.6) is 0 Å². The molecule has 3 fully saturated rings. The molecule has 2 saturated carbocycles. The molecule has 5 atom stereocenters. The summed E-state index contributed by atoms with van der Waals surface area (Å²) in [5, 5.41) is 20.1. The molecule has 1 heterocycles. The Bertz CT molecular complexity index is 1480. The largest absolute Gasteiger partial charge is 0.479 e. The van der Waals surface area contributed by atoms with E-state index in [1.807, 2.05) is 81.4 Å². The Morgan fingerprint density at radius 1 is 1.02 bits per heavy atom. The zero-order valence-electron chi connectivity index (χ0n) is 27.9. The van der Waals surface area contributed by atoms with Crippen LogP contribution in [0.3, 0.4) is 0 Å². The van der Waals surface area contributed by atoms with Crippen LogP contribution >= 0.6 is 0 Å². The van der Waals surface area contributed by atoms with Gasteiger partial charge in [-0.15, -0.1) is 6.58 Å². The number of hydrogen-bond donors (Lipinski definition) is 3. The van der Waals surface area contributed by atoms with Crippen LogP contribution in [0.25, 0.3) is 0 Å². The van der Waals surface area contributed by atoms with Gasteiger partial charge in [0.2, 0.25) is 11.8 Å². The second-order valence-corrected chi connectivity index (χ2v) is 14.1. The number of alkyl carbamates (subject to hydrolysis) is 1. The highest BCUT2D eigenvalue weighted by Gasteiger charge is 2.62. The van der Waals surface area contributed by atoms with Gasteiger partial charge >= 0.3 is 12.1 Å². The number of rotatable bonds is 12. The van der Waals surface area contributed by atoms with Crippen LogP contribution in [-0.2, 0) is 24.0 Å². The predicted octanol–water partition coefficient (Wildman–Crippen LogP) is 5.04. The molecule has 0 radical (unpaired) electrons. The molecule has 3 N–H and O–H groups in total. The molecule has 2 aromatic rings. The summed E-state index contributed by atoms with van der Waals surface area (Å²) in [7, 11) is 0. The molecule has 3 amide bonds. The molecule has 0 bridgehead atoms. The van der Waals surface area contributed by atoms with Gasteiger partial charge in [-0.3, -0.25) is 9.59 Å². The van der Waals surface area contributed by atoms with E-state index in [0.29, 0.717) is 12.1 Å². The second-order valence-electron chi connectivity index (χ2n) is 14.1. The molecule has 1 aliphatic heterocycles. The predicted molar refractivity (Wildman–Crippen MR) is 180 cm³/mol. The topological polar surface area (TPSA) is 147 Å². The minimum absolute atomic E-state index is 0.000625. The van der Waals surface area contributed by atoms with Gasteiger partial charge in [0.25, 0.3) is 0 Å². The summed E-state index contributed by atoms with van der Waals surface area (Å²) in [5.74, 6) is -2.52. The van der Waals surface area contributed by atoms with E-state index in [-0.39, 0.29) is 31.4 Å². The Labute approximate surface area is 281 Å². The summed E-state index contributed by atoms with van der Waals surface area (Å²) < 4.78 is 5.61. The molecule has 48 heavy (non-hydrogen) atoms. The summed E-state index contributed by atoms with van der Waals surface area (Å²) in [6, 6.07) is 17.0. The number of nitrogens with one attached hydrogen (secondary N) is 2. The maximum atomic E-state index is 14.3. The standard InChI is InChI=1S/C37H46N4O7/c1-5-14-26-22-37(26,34(44)45)39-32(42)29-21-28(48-40-30(24-15-8-6-9-16-24)25-17-10-7-11-18-25)23-41(29)33(43)31(36(2,3)4)38-35(46)47-27-19-12-13-20-27/h5-11,15-18,26-29,31H,1,12-14,19-23H2,2-4H3,(H,38,46)(H,39,42)(H,44,45)/t26-,28-,29+,31-,37-/m1/s1. The third-order valence-corrected chi connectivity index (χ3v) is 9.47. The van der Waals surface area contributed by atoms with Gasteiger partial charge in [0, 0.05) is 17.5 Å². The summed E-state index contributed by atoms with van der Waals surface area (Å²) in [5.41, 5.74) is 0.0588. The quantitative estimate of drug-likeness (QED) is 0.164. The smallest absolute Gasteiger partial charge is 0.408 e. The first-order valence-electron chi connectivity index (χ1n) is 16.7. The fourth-order valence-corrected chi connectivity index (χ4v) is 6.67. The van der Waals surface area contributed by atoms with Crippen molar-refractivity contribution in [1.29, 1.82) is 0 Å². The van der Waals surface area contributed by atoms with Crippen LogP contribution in [0, 0.1) is 11.3 Å². The van der Waals surface area contributed by atoms with Crippen LogP contribution in [0.1, 0.15) is 76.8 Å². The first-order chi connectivity index (χ1) is 22.9. The Balaban J connectivity index is 1.41. The average molecular weight is 659 g/mol. The van der Waals surface area contributed by atoms with E-state index < -0.39 is 53.0 Å². The normalized spacial score (nSPS) is 24.2. The van der Waals surface area contributed by atoms with E-state index >= 15 is 0 Å². The van der Waals surface area contributed by atoms with Gasteiger partial charge in [0.15, 0.2) is 0 Å². The van der Waals surface area contributed by atoms with E-state index in [4.69, 9.17) is 9.57 Å². The van der Waals surface area contributed by atoms with Crippen molar-refractivity contribution in [1.82, 2.24) is 15.5 Å². The highest BCUT2D eigenvalue weighted by Crippen LogP contribution is 2.46. The van der Waals surface area contributed by atoms with Crippen molar-refractivity contribution in [3.8, 4) is 0 Å². The molecule has 2 aliphatic carbocycles. The molecular formula is C37H46N4O7. The number of likely N-dealkylation sites (tertiary alicyclic amines) is 1. The van der Waals surface area contributed by atoms with Crippen molar-refractivity contribution >= 4 is 29.6 Å². The molecule has 0 aromatic heterocycles. The third-order valence-electron chi connectivity index (χ3n) is 9.47. The van der Waals surface area contributed by atoms with Crippen LogP contribution in [0.2, 0.25) is 0 Å². The summed E-state index contributed by atoms with van der Waals surface area (Å²) in [6.45, 7) is 9.18. The first-order valence-corrected chi connectivity index (χ1v) is 16.7. The van der Waals surface area contributed by atoms with Crippen molar-refractivity contribution in [2.75, 3.05) is 6.54 Å². The van der Waals surface area contributed by atoms with Crippen molar-refractivity contribution in [2.45, 2.75) is 95.5 Å². The molecule has 0 spiro atoms. The Morgan fingerprint density at radius 2 is 1.62 bits per heavy atom. The number of nitrogens with zero attached hydrogens (tertiary/aromatic N) is 2. The number of carbonyl (C=O) groups is 4. The maximum absolute atomic E-state index is 14.3. The Hall–Kier alpha value is -4.67. The van der Waals surface area contributed by atoms with Crippen molar-refractivity contribution in [3.63, 3.8) is 0 Å². The van der Waals surface area contributed by atoms with Crippen molar-refractivity contribution < 1.29 is 33.9 Å². The number of hydrogen-bond acceptors (Lipinski definition) is 7. The average Bonchev–Trinajstić information content (AvgIpc) is 3.35. The fourth-order valence-electron chi connectivity index (χ4n) is 6.67. The van der Waals surface area contributed by atoms with E-state index in [9.17, 15) is 24.3 Å². The SMILES string of the molecule is C=CC[C@@H]1C[C@]1(NC(=O)[C@@H]1C[C@@H](ON=C(c2ccccc2)c2ccccc2)CN1C(=O)[C@@H](NC(=O)OC1CCCC1)C(C)(C)C)C(=O)O. The van der Waals surface area contributed by atoms with Crippen LogP contribution < -0.4 is 10.6 Å². The monoisotopic (exact) mass is 658 g/mol. The lowest BCUT2D eigenvalue weighted by molar-refractivity contribution is -0.146. The van der Waals surface area contributed by atoms with Crippen molar-refractivity contribution in [3.05, 3.63) is 84.4 Å². The zero-order valence-corrected chi connectivity index (χ0v) is 27.9. The maximum Gasteiger partial charge on any atom is 0.408 e. The molecule has 1 saturated heterocycles. The lowest BCUT2D eigenvalue weighted by atomic mass is 9.85. The number of carbonyl (C=O) groups excluding carboxylic acids is 3. The summed E-state index contributed by atoms with van der Waals surface area (Å²) in [4.78, 5) is 61.0. The summed E-state index contributed by atoms with van der Waals surface area (Å²) in [6.07, 6.45) is 4.36. The number of ether oxygens (including phenoxy) is 1. The molecular weight excluding hydrogens is 612 g/mol. The second kappa shape index (κ2) is 14.6. The van der Waals surface area contributed by atoms with Crippen LogP contribution in [0.4, 0.5) is 4.79 Å². The minimum Gasteiger partial charge on any atom is -0.479 e. The molecule has 3 aliphatic rings. The Morgan fingerprint density at radius 3 is 2.17 bits per heavy atom. The number of oxime groups is 1. The first kappa shape index (κ1) is 34.7. The number of carboxylic acid groups (broad SMARTS) is 1. The highest BCUT2D eigenvalue weighted by molar-refractivity contribution is 6.12.